The first-order chi connectivity index (χ1) is 43.4. The Hall–Kier alpha value is -8.00. The molecule has 3 aliphatic carbocycles. The Morgan fingerprint density at radius 1 is 0.607 bits per heavy atom. The van der Waals surface area contributed by atoms with Crippen molar-refractivity contribution >= 4 is 16.5 Å². The van der Waals surface area contributed by atoms with Crippen LogP contribution in [0, 0.1) is 26.7 Å². The third-order valence-electron chi connectivity index (χ3n) is 15.8. The number of hydrogen-bond acceptors (Lipinski definition) is 1. The van der Waals surface area contributed by atoms with Crippen LogP contribution in [0.15, 0.2) is 265 Å². The SMILES string of the molecule is C/C=C\C(=C/C)C1(C2=CC=CCC2)c2ccccc2-c2ccc(C)cc21.C=C(C)/C=C1\Cc2ccccc2-c2ccccc21.C=C(CC/C=C\C)C(C)CCC.CC.CC.CC.CC.CCc1coc2ccccc12.Cc1ccc(-c2ccc(C)cc2)cc1. The molecule has 0 spiro atoms. The molecule has 1 heterocycles. The summed E-state index contributed by atoms with van der Waals surface area (Å²) in [5.41, 5.74) is 26.5. The lowest BCUT2D eigenvalue weighted by Crippen LogP contribution is -2.30. The number of fused-ring (bicyclic) bond motifs is 7. The third-order valence-corrected chi connectivity index (χ3v) is 15.8. The Labute approximate surface area is 543 Å². The predicted molar refractivity (Wildman–Crippen MR) is 400 cm³/mol. The van der Waals surface area contributed by atoms with Gasteiger partial charge in [0, 0.05) is 5.39 Å². The van der Waals surface area contributed by atoms with Crippen molar-refractivity contribution in [3.8, 4) is 33.4 Å². The van der Waals surface area contributed by atoms with Crippen LogP contribution in [0.4, 0.5) is 0 Å². The molecule has 0 amide bonds. The van der Waals surface area contributed by atoms with Crippen molar-refractivity contribution in [3.63, 3.8) is 0 Å². The van der Waals surface area contributed by atoms with Gasteiger partial charge < -0.3 is 4.42 Å². The normalized spacial score (nSPS) is 14.4. The predicted octanol–water partition coefficient (Wildman–Crippen LogP) is 27.3. The van der Waals surface area contributed by atoms with Crippen molar-refractivity contribution in [2.75, 3.05) is 0 Å². The maximum Gasteiger partial charge on any atom is 0.134 e. The Balaban J connectivity index is 0.000000292. The summed E-state index contributed by atoms with van der Waals surface area (Å²) in [6, 6.07) is 58.6. The van der Waals surface area contributed by atoms with Crippen LogP contribution in [0.3, 0.4) is 0 Å². The van der Waals surface area contributed by atoms with Gasteiger partial charge in [-0.25, -0.2) is 0 Å². The van der Waals surface area contributed by atoms with Crippen LogP contribution in [0.1, 0.15) is 187 Å². The molecule has 1 nitrogen and oxygen atoms in total. The van der Waals surface area contributed by atoms with E-state index in [1.807, 2.05) is 79.9 Å². The molecule has 0 radical (unpaired) electrons. The monoisotopic (exact) mass is 1180 g/mol. The topological polar surface area (TPSA) is 13.1 Å². The van der Waals surface area contributed by atoms with E-state index in [4.69, 9.17) is 4.42 Å². The van der Waals surface area contributed by atoms with E-state index in [0.29, 0.717) is 5.92 Å². The zero-order valence-electron chi connectivity index (χ0n) is 58.4. The Morgan fingerprint density at radius 2 is 1.16 bits per heavy atom. The molecule has 2 atom stereocenters. The fourth-order valence-corrected chi connectivity index (χ4v) is 11.5. The minimum atomic E-state index is -0.177. The number of aryl methyl sites for hydroxylation is 4. The fourth-order valence-electron chi connectivity index (χ4n) is 11.5. The lowest BCUT2D eigenvalue weighted by atomic mass is 9.64. The first kappa shape index (κ1) is 75.3. The third kappa shape index (κ3) is 20.8. The summed E-state index contributed by atoms with van der Waals surface area (Å²) >= 11 is 0. The Kier molecular flexibility index (Phi) is 34.9. The standard InChI is InChI=1S/C26H26.C18H16.C14H14.C12H22.C10H10O.4C2H6/c1-4-11-20(5-2)26(21-12-7-6-8-13-21)24-15-10-9-14-22(24)23-17-16-19(3)18-25(23)26;1-13(2)11-15-12-14-7-3-4-8-16(14)18-10-6-5-9-17(15)18;1-11-3-7-13(8-4-11)14-9-5-12(2)6-10-14;1-5-7-8-10-12(4)11(3)9-6-2;1-2-8-7-11-10-6-4-3-5-9(8)10;4*1-2/h4-7,9-12,14-18H,8,13H2,1-3H3;3-11H,1,12H2,2H3;3-10H,1-2H3;5,7,11H,4,6,8-10H2,1-3H3;3-7H,2H2,1H3;4*1-2H3/b11-4-,20-5+;15-11+;;7-5-;;;;;. The average molecular weight is 1190 g/mol. The quantitative estimate of drug-likeness (QED) is 0.0878. The van der Waals surface area contributed by atoms with E-state index in [0.717, 1.165) is 49.7 Å². The minimum absolute atomic E-state index is 0.177. The van der Waals surface area contributed by atoms with E-state index in [9.17, 15) is 0 Å². The molecule has 0 bridgehead atoms. The maximum absolute atomic E-state index is 5.34. The molecule has 0 fully saturated rings. The highest BCUT2D eigenvalue weighted by atomic mass is 16.3. The molecule has 3 aliphatic rings. The highest BCUT2D eigenvalue weighted by Crippen LogP contribution is 2.58. The molecule has 1 heteroatoms. The number of allylic oxidation sites excluding steroid dienone is 14. The van der Waals surface area contributed by atoms with E-state index in [1.165, 1.54) is 118 Å². The largest absolute Gasteiger partial charge is 0.464 e. The molecule has 8 aromatic rings. The van der Waals surface area contributed by atoms with Crippen molar-refractivity contribution in [2.24, 2.45) is 5.92 Å². The molecule has 2 unspecified atom stereocenters. The second-order valence-electron chi connectivity index (χ2n) is 21.9. The summed E-state index contributed by atoms with van der Waals surface area (Å²) in [6.07, 6.45) is 31.1. The van der Waals surface area contributed by atoms with Gasteiger partial charge in [-0.2, -0.15) is 0 Å². The van der Waals surface area contributed by atoms with Gasteiger partial charge in [-0.15, -0.1) is 0 Å². The molecule has 7 aromatic carbocycles. The molecule has 0 N–H and O–H groups in total. The van der Waals surface area contributed by atoms with Crippen LogP contribution in [0.2, 0.25) is 0 Å². The molecule has 0 saturated carbocycles. The van der Waals surface area contributed by atoms with Crippen molar-refractivity contribution in [1.82, 2.24) is 0 Å². The molecule has 11 rings (SSSR count). The van der Waals surface area contributed by atoms with Crippen molar-refractivity contribution < 1.29 is 4.42 Å². The smallest absolute Gasteiger partial charge is 0.134 e. The summed E-state index contributed by atoms with van der Waals surface area (Å²) in [7, 11) is 0. The number of hydrogen-bond donors (Lipinski definition) is 0. The van der Waals surface area contributed by atoms with Gasteiger partial charge in [-0.1, -0.05) is 342 Å². The first-order valence-corrected chi connectivity index (χ1v) is 33.7. The number of para-hydroxylation sites is 1. The number of benzene rings is 7. The second kappa shape index (κ2) is 41.3. The Morgan fingerprint density at radius 3 is 1.72 bits per heavy atom. The fraction of sp³-hybridized carbons (Fsp3) is 0.318. The average Bonchev–Trinajstić information content (AvgIpc) is 1.58. The lowest BCUT2D eigenvalue weighted by Gasteiger charge is -2.37. The van der Waals surface area contributed by atoms with Crippen molar-refractivity contribution in [1.29, 1.82) is 0 Å². The summed E-state index contributed by atoms with van der Waals surface area (Å²) in [4.78, 5) is 0. The lowest BCUT2D eigenvalue weighted by molar-refractivity contribution is 0.582. The minimum Gasteiger partial charge on any atom is -0.464 e. The van der Waals surface area contributed by atoms with E-state index < -0.39 is 0 Å². The molecular weight excluding hydrogens is 1070 g/mol. The molecule has 89 heavy (non-hydrogen) atoms. The van der Waals surface area contributed by atoms with E-state index in [-0.39, 0.29) is 5.41 Å². The van der Waals surface area contributed by atoms with Crippen LogP contribution in [0.25, 0.3) is 49.9 Å². The van der Waals surface area contributed by atoms with Crippen molar-refractivity contribution in [2.45, 2.75) is 181 Å². The van der Waals surface area contributed by atoms with E-state index >= 15 is 0 Å². The van der Waals surface area contributed by atoms with Crippen LogP contribution in [-0.2, 0) is 18.3 Å². The number of rotatable bonds is 12. The van der Waals surface area contributed by atoms with Crippen molar-refractivity contribution in [3.05, 3.63) is 305 Å². The zero-order chi connectivity index (χ0) is 65.7. The first-order valence-electron chi connectivity index (χ1n) is 33.7. The van der Waals surface area contributed by atoms with Crippen LogP contribution in [-0.4, -0.2) is 0 Å². The van der Waals surface area contributed by atoms with Gasteiger partial charge in [0.05, 0.1) is 11.7 Å². The molecule has 1 aromatic heterocycles. The molecule has 0 aliphatic heterocycles. The zero-order valence-corrected chi connectivity index (χ0v) is 58.4. The van der Waals surface area contributed by atoms with Gasteiger partial charge >= 0.3 is 0 Å². The maximum atomic E-state index is 5.34. The Bertz CT molecular complexity index is 3510. The van der Waals surface area contributed by atoms with Gasteiger partial charge in [0.1, 0.15) is 5.58 Å². The van der Waals surface area contributed by atoms with Gasteiger partial charge in [-0.05, 0) is 178 Å². The summed E-state index contributed by atoms with van der Waals surface area (Å²) in [6.45, 7) is 45.6. The van der Waals surface area contributed by atoms with Crippen LogP contribution in [0.5, 0.6) is 0 Å². The van der Waals surface area contributed by atoms with Crippen LogP contribution >= 0.6 is 0 Å². The summed E-state index contributed by atoms with van der Waals surface area (Å²) < 4.78 is 5.34. The summed E-state index contributed by atoms with van der Waals surface area (Å²) in [5, 5.41) is 1.25. The second-order valence-corrected chi connectivity index (χ2v) is 21.9. The van der Waals surface area contributed by atoms with E-state index in [1.54, 1.807) is 0 Å². The molecule has 0 saturated heterocycles. The van der Waals surface area contributed by atoms with Gasteiger partial charge in [0.15, 0.2) is 0 Å². The molecule has 470 valence electrons. The highest BCUT2D eigenvalue weighted by Gasteiger charge is 2.47. The molecular formula is C88H112O. The van der Waals surface area contributed by atoms with Gasteiger partial charge in [0.2, 0.25) is 0 Å². The van der Waals surface area contributed by atoms with E-state index in [2.05, 4.69) is 283 Å². The number of furan rings is 1. The van der Waals surface area contributed by atoms with Gasteiger partial charge in [-0.3, -0.25) is 0 Å². The highest BCUT2D eigenvalue weighted by molar-refractivity contribution is 5.89. The summed E-state index contributed by atoms with van der Waals surface area (Å²) in [5.74, 6) is 0.709. The van der Waals surface area contributed by atoms with Crippen LogP contribution < -0.4 is 0 Å². The van der Waals surface area contributed by atoms with Gasteiger partial charge in [0.25, 0.3) is 0 Å².